The van der Waals surface area contributed by atoms with E-state index < -0.39 is 0 Å². The normalized spacial score (nSPS) is 10.7. The highest BCUT2D eigenvalue weighted by Crippen LogP contribution is 2.26. The molecule has 4 rings (SSSR count). The first kappa shape index (κ1) is 21.2. The Balaban J connectivity index is 1.70. The van der Waals surface area contributed by atoms with Crippen molar-refractivity contribution in [2.24, 2.45) is 0 Å². The maximum absolute atomic E-state index is 13.3. The van der Waals surface area contributed by atoms with Gasteiger partial charge in [0.15, 0.2) is 0 Å². The standard InChI is InChI=1S/C27H25N3O2/c1-3-7-19-12-14-20(15-13-19)26-17-24(23-10-4-5-11-25(23)30-26)27(32)29-22-9-6-8-21(16-22)28-18(2)31/h4-6,8-17H,3,7H2,1-2H3,(H,28,31)(H,29,32). The van der Waals surface area contributed by atoms with E-state index in [2.05, 4.69) is 41.8 Å². The van der Waals surface area contributed by atoms with Crippen molar-refractivity contribution in [3.8, 4) is 11.3 Å². The summed E-state index contributed by atoms with van der Waals surface area (Å²) in [5.74, 6) is -0.393. The summed E-state index contributed by atoms with van der Waals surface area (Å²) in [5, 5.41) is 6.47. The summed E-state index contributed by atoms with van der Waals surface area (Å²) in [6.45, 7) is 3.61. The summed E-state index contributed by atoms with van der Waals surface area (Å²) in [6.07, 6.45) is 2.14. The molecule has 0 aliphatic heterocycles. The number of carbonyl (C=O) groups excluding carboxylic acids is 2. The number of amides is 2. The largest absolute Gasteiger partial charge is 0.326 e. The summed E-state index contributed by atoms with van der Waals surface area (Å²) >= 11 is 0. The van der Waals surface area contributed by atoms with Gasteiger partial charge in [0.1, 0.15) is 0 Å². The Bertz CT molecular complexity index is 1280. The first-order valence-electron chi connectivity index (χ1n) is 10.7. The summed E-state index contributed by atoms with van der Waals surface area (Å²) in [6, 6.07) is 24.9. The number of rotatable bonds is 6. The summed E-state index contributed by atoms with van der Waals surface area (Å²) in [5.41, 5.74) is 5.55. The second-order valence-electron chi connectivity index (χ2n) is 7.74. The Kier molecular flexibility index (Phi) is 6.26. The number of pyridine rings is 1. The third-order valence-corrected chi connectivity index (χ3v) is 5.19. The summed E-state index contributed by atoms with van der Waals surface area (Å²) in [4.78, 5) is 29.4. The van der Waals surface area contributed by atoms with Crippen molar-refractivity contribution in [1.82, 2.24) is 4.98 Å². The van der Waals surface area contributed by atoms with Gasteiger partial charge in [-0.3, -0.25) is 9.59 Å². The third kappa shape index (κ3) is 4.83. The fourth-order valence-corrected chi connectivity index (χ4v) is 3.72. The molecule has 0 bridgehead atoms. The van der Waals surface area contributed by atoms with Gasteiger partial charge in [0.25, 0.3) is 5.91 Å². The molecule has 1 aromatic heterocycles. The Labute approximate surface area is 187 Å². The van der Waals surface area contributed by atoms with Crippen molar-refractivity contribution in [2.75, 3.05) is 10.6 Å². The van der Waals surface area contributed by atoms with Gasteiger partial charge in [-0.15, -0.1) is 0 Å². The molecule has 0 unspecified atom stereocenters. The minimum atomic E-state index is -0.229. The van der Waals surface area contributed by atoms with Crippen molar-refractivity contribution in [2.45, 2.75) is 26.7 Å². The number of anilines is 2. The van der Waals surface area contributed by atoms with Crippen LogP contribution >= 0.6 is 0 Å². The number of fused-ring (bicyclic) bond motifs is 1. The number of aromatic nitrogens is 1. The fraction of sp³-hybridized carbons (Fsp3) is 0.148. The average Bonchev–Trinajstić information content (AvgIpc) is 2.79. The molecule has 2 amide bonds. The molecule has 5 heteroatoms. The maximum Gasteiger partial charge on any atom is 0.256 e. The van der Waals surface area contributed by atoms with Gasteiger partial charge in [-0.25, -0.2) is 4.98 Å². The number of para-hydroxylation sites is 1. The van der Waals surface area contributed by atoms with Gasteiger partial charge in [-0.2, -0.15) is 0 Å². The van der Waals surface area contributed by atoms with Crippen molar-refractivity contribution >= 4 is 34.1 Å². The summed E-state index contributed by atoms with van der Waals surface area (Å²) < 4.78 is 0. The van der Waals surface area contributed by atoms with Crippen LogP contribution in [0.4, 0.5) is 11.4 Å². The predicted molar refractivity (Wildman–Crippen MR) is 130 cm³/mol. The zero-order chi connectivity index (χ0) is 22.5. The molecule has 5 nitrogen and oxygen atoms in total. The molecule has 0 atom stereocenters. The van der Waals surface area contributed by atoms with E-state index in [1.807, 2.05) is 30.3 Å². The molecule has 0 radical (unpaired) electrons. The van der Waals surface area contributed by atoms with Crippen molar-refractivity contribution in [3.05, 3.63) is 90.0 Å². The molecule has 0 spiro atoms. The Morgan fingerprint density at radius 3 is 2.28 bits per heavy atom. The van der Waals surface area contributed by atoms with E-state index in [-0.39, 0.29) is 11.8 Å². The van der Waals surface area contributed by atoms with Crippen LogP contribution in [0, 0.1) is 0 Å². The lowest BCUT2D eigenvalue weighted by Crippen LogP contribution is -2.13. The smallest absolute Gasteiger partial charge is 0.256 e. The number of hydrogen-bond donors (Lipinski definition) is 2. The zero-order valence-electron chi connectivity index (χ0n) is 18.2. The van der Waals surface area contributed by atoms with Crippen molar-refractivity contribution in [1.29, 1.82) is 0 Å². The quantitative estimate of drug-likeness (QED) is 0.396. The molecular weight excluding hydrogens is 398 g/mol. The molecule has 2 N–H and O–H groups in total. The third-order valence-electron chi connectivity index (χ3n) is 5.19. The number of hydrogen-bond acceptors (Lipinski definition) is 3. The second-order valence-corrected chi connectivity index (χ2v) is 7.74. The Morgan fingerprint density at radius 2 is 1.56 bits per heavy atom. The maximum atomic E-state index is 13.3. The SMILES string of the molecule is CCCc1ccc(-c2cc(C(=O)Nc3cccc(NC(C)=O)c3)c3ccccc3n2)cc1. The highest BCUT2D eigenvalue weighted by Gasteiger charge is 2.14. The van der Waals surface area contributed by atoms with Gasteiger partial charge < -0.3 is 10.6 Å². The first-order valence-corrected chi connectivity index (χ1v) is 10.7. The molecule has 0 saturated carbocycles. The second kappa shape index (κ2) is 9.43. The van der Waals surface area contributed by atoms with Crippen LogP contribution in [-0.2, 0) is 11.2 Å². The molecule has 32 heavy (non-hydrogen) atoms. The molecule has 3 aromatic carbocycles. The van der Waals surface area contributed by atoms with E-state index in [4.69, 9.17) is 4.98 Å². The van der Waals surface area contributed by atoms with E-state index in [1.54, 1.807) is 24.3 Å². The van der Waals surface area contributed by atoms with Gasteiger partial charge in [0.2, 0.25) is 5.91 Å². The molecule has 0 aliphatic rings. The number of aryl methyl sites for hydroxylation is 1. The van der Waals surface area contributed by atoms with Crippen LogP contribution in [0.2, 0.25) is 0 Å². The molecular formula is C27H25N3O2. The predicted octanol–water partition coefficient (Wildman–Crippen LogP) is 6.07. The van der Waals surface area contributed by atoms with Crippen LogP contribution in [0.5, 0.6) is 0 Å². The highest BCUT2D eigenvalue weighted by molar-refractivity contribution is 6.13. The fourth-order valence-electron chi connectivity index (χ4n) is 3.72. The monoisotopic (exact) mass is 423 g/mol. The number of benzene rings is 3. The minimum absolute atomic E-state index is 0.164. The molecule has 1 heterocycles. The van der Waals surface area contributed by atoms with Crippen LogP contribution < -0.4 is 10.6 Å². The first-order chi connectivity index (χ1) is 15.5. The zero-order valence-corrected chi connectivity index (χ0v) is 18.2. The molecule has 0 saturated heterocycles. The van der Waals surface area contributed by atoms with E-state index >= 15 is 0 Å². The minimum Gasteiger partial charge on any atom is -0.326 e. The van der Waals surface area contributed by atoms with E-state index in [1.165, 1.54) is 12.5 Å². The lowest BCUT2D eigenvalue weighted by atomic mass is 10.0. The Morgan fingerprint density at radius 1 is 0.844 bits per heavy atom. The van der Waals surface area contributed by atoms with Gasteiger partial charge in [0.05, 0.1) is 16.8 Å². The van der Waals surface area contributed by atoms with Gasteiger partial charge in [-0.1, -0.05) is 61.9 Å². The average molecular weight is 424 g/mol. The highest BCUT2D eigenvalue weighted by atomic mass is 16.2. The van der Waals surface area contributed by atoms with E-state index in [0.717, 1.165) is 35.0 Å². The summed E-state index contributed by atoms with van der Waals surface area (Å²) in [7, 11) is 0. The van der Waals surface area contributed by atoms with Crippen LogP contribution in [0.15, 0.2) is 78.9 Å². The Hall–Kier alpha value is -3.99. The van der Waals surface area contributed by atoms with E-state index in [9.17, 15) is 9.59 Å². The van der Waals surface area contributed by atoms with Crippen LogP contribution in [0.25, 0.3) is 22.2 Å². The lowest BCUT2D eigenvalue weighted by molar-refractivity contribution is -0.114. The van der Waals surface area contributed by atoms with Crippen molar-refractivity contribution < 1.29 is 9.59 Å². The van der Waals surface area contributed by atoms with E-state index in [0.29, 0.717) is 16.9 Å². The van der Waals surface area contributed by atoms with Gasteiger partial charge >= 0.3 is 0 Å². The van der Waals surface area contributed by atoms with Crippen LogP contribution in [-0.4, -0.2) is 16.8 Å². The number of nitrogens with one attached hydrogen (secondary N) is 2. The molecule has 160 valence electrons. The van der Waals surface area contributed by atoms with Gasteiger partial charge in [0, 0.05) is 29.2 Å². The lowest BCUT2D eigenvalue weighted by Gasteiger charge is -2.12. The van der Waals surface area contributed by atoms with Crippen molar-refractivity contribution in [3.63, 3.8) is 0 Å². The van der Waals surface area contributed by atoms with Gasteiger partial charge in [-0.05, 0) is 42.3 Å². The van der Waals surface area contributed by atoms with Crippen LogP contribution in [0.3, 0.4) is 0 Å². The number of carbonyl (C=O) groups is 2. The number of nitrogens with zero attached hydrogens (tertiary/aromatic N) is 1. The molecule has 0 fully saturated rings. The molecule has 0 aliphatic carbocycles. The topological polar surface area (TPSA) is 71.1 Å². The molecule has 4 aromatic rings. The van der Waals surface area contributed by atoms with Crippen LogP contribution in [0.1, 0.15) is 36.2 Å².